The molecule has 1 amide bonds. The Balaban J connectivity index is 1.23. The lowest BCUT2D eigenvalue weighted by Gasteiger charge is -2.59. The smallest absolute Gasteiger partial charge is 0.410 e. The van der Waals surface area contributed by atoms with Crippen LogP contribution in [0.2, 0.25) is 0 Å². The molecule has 0 spiro atoms. The van der Waals surface area contributed by atoms with Gasteiger partial charge in [-0.1, -0.05) is 151 Å². The number of hydrogen-bond donors (Lipinski definition) is 2. The minimum Gasteiger partial charge on any atom is -0.459 e. The summed E-state index contributed by atoms with van der Waals surface area (Å²) in [6, 6.07) is 47.9. The Hall–Kier alpha value is -6.98. The zero-order valence-electron chi connectivity index (χ0n) is 41.0. The van der Waals surface area contributed by atoms with Gasteiger partial charge in [0.1, 0.15) is 29.9 Å². The number of fused-ring (bicyclic) bond motifs is 3. The van der Waals surface area contributed by atoms with E-state index in [-0.39, 0.29) is 63.8 Å². The van der Waals surface area contributed by atoms with Crippen molar-refractivity contribution in [2.75, 3.05) is 26.4 Å². The molecule has 372 valence electrons. The van der Waals surface area contributed by atoms with Gasteiger partial charge in [0.25, 0.3) is 0 Å². The van der Waals surface area contributed by atoms with Crippen LogP contribution in [0.25, 0.3) is 21.9 Å². The Labute approximate surface area is 423 Å². The molecule has 6 aromatic rings. The van der Waals surface area contributed by atoms with Crippen molar-refractivity contribution in [3.63, 3.8) is 0 Å². The van der Waals surface area contributed by atoms with Crippen molar-refractivity contribution in [2.24, 2.45) is 22.9 Å². The van der Waals surface area contributed by atoms with Crippen LogP contribution in [0.1, 0.15) is 74.0 Å². The molecule has 2 aliphatic carbocycles. The molecule has 6 atom stereocenters. The van der Waals surface area contributed by atoms with Crippen LogP contribution in [0, 0.1) is 17.8 Å². The fourth-order valence-corrected chi connectivity index (χ4v) is 11.2. The maximum Gasteiger partial charge on any atom is 0.410 e. The summed E-state index contributed by atoms with van der Waals surface area (Å²) in [4.78, 5) is 23.2. The van der Waals surface area contributed by atoms with E-state index in [0.29, 0.717) is 42.2 Å². The van der Waals surface area contributed by atoms with E-state index in [0.717, 1.165) is 69.8 Å². The topological polar surface area (TPSA) is 119 Å². The van der Waals surface area contributed by atoms with Crippen molar-refractivity contribution < 1.29 is 38.8 Å². The number of oxime groups is 1. The molecule has 0 bridgehead atoms. The van der Waals surface area contributed by atoms with E-state index in [1.54, 1.807) is 17.1 Å². The number of amides is 1. The minimum absolute atomic E-state index is 0.0232. The van der Waals surface area contributed by atoms with Gasteiger partial charge in [0.15, 0.2) is 0 Å². The third-order valence-electron chi connectivity index (χ3n) is 14.5. The van der Waals surface area contributed by atoms with Crippen molar-refractivity contribution in [2.45, 2.75) is 82.3 Å². The normalized spacial score (nSPS) is 21.4. The molecule has 9 rings (SSSR count). The predicted molar refractivity (Wildman–Crippen MR) is 284 cm³/mol. The Morgan fingerprint density at radius 1 is 0.778 bits per heavy atom. The molecule has 1 fully saturated rings. The molecule has 6 aromatic carbocycles. The lowest BCUT2D eigenvalue weighted by atomic mass is 9.55. The van der Waals surface area contributed by atoms with Crippen molar-refractivity contribution in [3.05, 3.63) is 199 Å². The van der Waals surface area contributed by atoms with Gasteiger partial charge < -0.3 is 34.0 Å². The van der Waals surface area contributed by atoms with Gasteiger partial charge in [-0.2, -0.15) is 0 Å². The quantitative estimate of drug-likeness (QED) is 0.0370. The number of allylic oxidation sites excluding steroid dienone is 1. The Bertz CT molecular complexity index is 2820. The first-order chi connectivity index (χ1) is 35.4. The van der Waals surface area contributed by atoms with Gasteiger partial charge in [-0.15, -0.1) is 13.2 Å². The second-order valence-electron chi connectivity index (χ2n) is 19.0. The molecule has 1 heterocycles. The molecule has 10 heteroatoms. The van der Waals surface area contributed by atoms with Gasteiger partial charge in [0.05, 0.1) is 31.4 Å². The molecule has 0 aromatic heterocycles. The molecule has 72 heavy (non-hydrogen) atoms. The second-order valence-corrected chi connectivity index (χ2v) is 19.0. The van der Waals surface area contributed by atoms with Gasteiger partial charge in [-0.25, -0.2) is 4.79 Å². The highest BCUT2D eigenvalue weighted by atomic mass is 16.7. The summed E-state index contributed by atoms with van der Waals surface area (Å²) in [5, 5.41) is 27.3. The zero-order chi connectivity index (χ0) is 49.7. The van der Waals surface area contributed by atoms with Crippen molar-refractivity contribution >= 4 is 22.6 Å². The number of hydrogen-bond acceptors (Lipinski definition) is 9. The summed E-state index contributed by atoms with van der Waals surface area (Å²) < 4.78 is 27.7. The third-order valence-corrected chi connectivity index (χ3v) is 14.5. The maximum absolute atomic E-state index is 15.1. The van der Waals surface area contributed by atoms with Gasteiger partial charge in [-0.3, -0.25) is 4.90 Å². The number of ether oxygens (including phenoxy) is 4. The minimum atomic E-state index is -1.49. The molecular formula is C62H66N2O8. The van der Waals surface area contributed by atoms with Gasteiger partial charge in [0.2, 0.25) is 5.79 Å². The summed E-state index contributed by atoms with van der Waals surface area (Å²) in [5.41, 5.74) is 6.73. The maximum atomic E-state index is 15.1. The summed E-state index contributed by atoms with van der Waals surface area (Å²) in [7, 11) is 0. The molecular weight excluding hydrogens is 901 g/mol. The zero-order valence-corrected chi connectivity index (χ0v) is 41.0. The molecule has 0 saturated heterocycles. The van der Waals surface area contributed by atoms with Crippen molar-refractivity contribution in [1.29, 1.82) is 0 Å². The number of aliphatic hydroxyl groups is 2. The number of unbranched alkanes of at least 4 members (excludes halogenated alkanes) is 2. The SMILES string of the molecule is C=CCCOC(=O)N(Cc1cccc2ccccc12)[C@H]1CC(=NOCc2ccccc2)C2=C[C@H](CCCCO)[C@@H](CCCCO)[C@@H]3c4cc(Oc5ccc(-c6ccccc6)cc5)ccc4O[C@@]1(OCC=C)[C@H]23. The average molecular weight is 967 g/mol. The summed E-state index contributed by atoms with van der Waals surface area (Å²) in [6.07, 6.45) is 10.5. The molecule has 10 nitrogen and oxygen atoms in total. The molecule has 0 radical (unpaired) electrons. The van der Waals surface area contributed by atoms with Crippen LogP contribution in [-0.4, -0.2) is 65.2 Å². The van der Waals surface area contributed by atoms with Gasteiger partial charge in [0, 0.05) is 31.1 Å². The lowest BCUT2D eigenvalue weighted by molar-refractivity contribution is -0.256. The molecule has 1 aliphatic heterocycles. The van der Waals surface area contributed by atoms with Crippen LogP contribution in [0.5, 0.6) is 17.2 Å². The van der Waals surface area contributed by atoms with Crippen LogP contribution in [0.4, 0.5) is 4.79 Å². The van der Waals surface area contributed by atoms with Gasteiger partial charge in [-0.05, 0) is 113 Å². The molecule has 3 aliphatic rings. The third kappa shape index (κ3) is 11.1. The summed E-state index contributed by atoms with van der Waals surface area (Å²) >= 11 is 0. The highest BCUT2D eigenvalue weighted by molar-refractivity contribution is 6.03. The first-order valence-electron chi connectivity index (χ1n) is 25.5. The van der Waals surface area contributed by atoms with Gasteiger partial charge >= 0.3 is 6.09 Å². The van der Waals surface area contributed by atoms with E-state index in [1.165, 1.54) is 0 Å². The van der Waals surface area contributed by atoms with E-state index < -0.39 is 23.8 Å². The Kier molecular flexibility index (Phi) is 16.6. The highest BCUT2D eigenvalue weighted by Gasteiger charge is 2.65. The number of benzene rings is 6. The van der Waals surface area contributed by atoms with Crippen LogP contribution in [0.3, 0.4) is 0 Å². The molecule has 0 unspecified atom stereocenters. The van der Waals surface area contributed by atoms with Crippen molar-refractivity contribution in [1.82, 2.24) is 4.90 Å². The fourth-order valence-electron chi connectivity index (χ4n) is 11.2. The first-order valence-corrected chi connectivity index (χ1v) is 25.5. The average Bonchev–Trinajstić information content (AvgIpc) is 3.41. The highest BCUT2D eigenvalue weighted by Crippen LogP contribution is 2.62. The Morgan fingerprint density at radius 2 is 1.49 bits per heavy atom. The van der Waals surface area contributed by atoms with E-state index in [9.17, 15) is 10.2 Å². The standard InChI is InChI=1S/C62H66N2O8/c1-3-5-38-68-61(67)64(42-49-26-18-25-47-23-12-13-27-52(47)49)58-41-56(63-70-43-44-19-8-6-9-20-44)54-39-48(24-14-16-35-65)53(28-15-17-36-66)59-55-40-51(33-34-57(55)72-62(58,60(54)59)69-37-4-2)71-50-31-29-46(30-32-50)45-21-10-7-11-22-45/h3-4,6-13,18-23,25-27,29-34,39-40,48,53,58-60,65-66H,1-2,5,14-17,24,28,35-38,41-43H2/t48-,53+,58-,59+,60+,62+/m0/s1. The molecule has 1 saturated carbocycles. The monoisotopic (exact) mass is 966 g/mol. The number of nitrogens with zero attached hydrogens (tertiary/aromatic N) is 2. The number of carbonyl (C=O) groups is 1. The van der Waals surface area contributed by atoms with E-state index in [1.807, 2.05) is 91.0 Å². The summed E-state index contributed by atoms with van der Waals surface area (Å²) in [6.45, 7) is 8.88. The summed E-state index contributed by atoms with van der Waals surface area (Å²) in [5.74, 6) is -0.202. The fraction of sp³-hybridized carbons (Fsp3) is 0.323. The van der Waals surface area contributed by atoms with E-state index >= 15 is 4.79 Å². The predicted octanol–water partition coefficient (Wildman–Crippen LogP) is 13.3. The number of aliphatic hydroxyl groups excluding tert-OH is 2. The second kappa shape index (κ2) is 24.0. The number of carbonyl (C=O) groups excluding carboxylic acids is 1. The van der Waals surface area contributed by atoms with Crippen LogP contribution in [-0.2, 0) is 27.5 Å². The van der Waals surface area contributed by atoms with Crippen LogP contribution in [0.15, 0.2) is 188 Å². The first kappa shape index (κ1) is 50.0. The van der Waals surface area contributed by atoms with Crippen LogP contribution < -0.4 is 9.47 Å². The largest absolute Gasteiger partial charge is 0.459 e. The lowest BCUT2D eigenvalue weighted by Crippen LogP contribution is -2.70. The molecule has 2 N–H and O–H groups in total. The van der Waals surface area contributed by atoms with Crippen molar-refractivity contribution in [3.8, 4) is 28.4 Å². The van der Waals surface area contributed by atoms with E-state index in [4.69, 9.17) is 28.9 Å². The Morgan fingerprint density at radius 3 is 2.25 bits per heavy atom. The number of rotatable bonds is 23. The van der Waals surface area contributed by atoms with E-state index in [2.05, 4.69) is 73.8 Å². The van der Waals surface area contributed by atoms with Crippen LogP contribution >= 0.6 is 0 Å².